The van der Waals surface area contributed by atoms with E-state index in [-0.39, 0.29) is 17.5 Å². The van der Waals surface area contributed by atoms with Crippen LogP contribution in [0.15, 0.2) is 18.2 Å². The van der Waals surface area contributed by atoms with Crippen LogP contribution in [-0.2, 0) is 16.4 Å². The second-order valence-corrected chi connectivity index (χ2v) is 7.26. The smallest absolute Gasteiger partial charge is 0.165 e. The quantitative estimate of drug-likeness (QED) is 0.889. The molecule has 2 rings (SSSR count). The molecule has 1 fully saturated rings. The van der Waals surface area contributed by atoms with Gasteiger partial charge in [-0.2, -0.15) is 0 Å². The third-order valence-electron chi connectivity index (χ3n) is 3.62. The first-order chi connectivity index (χ1) is 9.55. The first-order valence-electron chi connectivity index (χ1n) is 6.69. The molecule has 1 aromatic rings. The van der Waals surface area contributed by atoms with E-state index in [2.05, 4.69) is 5.32 Å². The molecule has 0 bridgehead atoms. The summed E-state index contributed by atoms with van der Waals surface area (Å²) in [6.07, 6.45) is 1.35. The van der Waals surface area contributed by atoms with Crippen molar-refractivity contribution in [2.75, 3.05) is 25.7 Å². The molecule has 1 aliphatic rings. The maximum atomic E-state index is 11.4. The van der Waals surface area contributed by atoms with E-state index in [0.717, 1.165) is 11.3 Å². The number of nitrogens with one attached hydrogen (secondary N) is 1. The largest absolute Gasteiger partial charge is 0.493 e. The molecule has 0 unspecified atom stereocenters. The fraction of sp³-hybridized carbons (Fsp3) is 0.571. The van der Waals surface area contributed by atoms with Gasteiger partial charge in [0, 0.05) is 18.2 Å². The highest BCUT2D eigenvalue weighted by molar-refractivity contribution is 7.91. The minimum Gasteiger partial charge on any atom is -0.493 e. The molecule has 1 aliphatic heterocycles. The Kier molecular flexibility index (Phi) is 4.88. The molecule has 6 heteroatoms. The van der Waals surface area contributed by atoms with Crippen LogP contribution < -0.4 is 14.8 Å². The Labute approximate surface area is 120 Å². The van der Waals surface area contributed by atoms with Gasteiger partial charge in [0.15, 0.2) is 11.5 Å². The van der Waals surface area contributed by atoms with Crippen LogP contribution >= 0.6 is 0 Å². The van der Waals surface area contributed by atoms with E-state index < -0.39 is 9.84 Å². The summed E-state index contributed by atoms with van der Waals surface area (Å²) < 4.78 is 33.4. The topological polar surface area (TPSA) is 64.6 Å². The van der Waals surface area contributed by atoms with E-state index in [1.807, 2.05) is 18.2 Å². The van der Waals surface area contributed by atoms with Crippen molar-refractivity contribution in [3.63, 3.8) is 0 Å². The van der Waals surface area contributed by atoms with E-state index in [1.54, 1.807) is 14.2 Å². The number of hydrogen-bond donors (Lipinski definition) is 1. The number of hydrogen-bond acceptors (Lipinski definition) is 5. The van der Waals surface area contributed by atoms with Gasteiger partial charge in [-0.1, -0.05) is 12.1 Å². The van der Waals surface area contributed by atoms with Crippen LogP contribution in [-0.4, -0.2) is 40.2 Å². The number of benzene rings is 1. The van der Waals surface area contributed by atoms with E-state index in [9.17, 15) is 8.42 Å². The summed E-state index contributed by atoms with van der Waals surface area (Å²) in [5.74, 6) is 1.99. The van der Waals surface area contributed by atoms with Crippen LogP contribution in [0.4, 0.5) is 0 Å². The minimum absolute atomic E-state index is 0.245. The average Bonchev–Trinajstić information content (AvgIpc) is 2.45. The summed E-state index contributed by atoms with van der Waals surface area (Å²) in [6.45, 7) is 0.644. The molecule has 0 amide bonds. The maximum Gasteiger partial charge on any atom is 0.165 e. The average molecular weight is 299 g/mol. The lowest BCUT2D eigenvalue weighted by atomic mass is 10.1. The lowest BCUT2D eigenvalue weighted by Crippen LogP contribution is -2.37. The SMILES string of the molecule is COc1cccc(CNC2CCS(=O)(=O)CC2)c1OC. The normalized spacial score (nSPS) is 18.7. The van der Waals surface area contributed by atoms with Crippen molar-refractivity contribution in [1.82, 2.24) is 5.32 Å². The summed E-state index contributed by atoms with van der Waals surface area (Å²) >= 11 is 0. The molecule has 1 heterocycles. The highest BCUT2D eigenvalue weighted by Crippen LogP contribution is 2.30. The van der Waals surface area contributed by atoms with Crippen LogP contribution in [0.25, 0.3) is 0 Å². The third-order valence-corrected chi connectivity index (χ3v) is 5.34. The predicted molar refractivity (Wildman–Crippen MR) is 78.1 cm³/mol. The monoisotopic (exact) mass is 299 g/mol. The Morgan fingerprint density at radius 1 is 1.20 bits per heavy atom. The molecule has 0 aromatic heterocycles. The van der Waals surface area contributed by atoms with E-state index >= 15 is 0 Å². The summed E-state index contributed by atoms with van der Waals surface area (Å²) in [5.41, 5.74) is 1.01. The summed E-state index contributed by atoms with van der Waals surface area (Å²) in [6, 6.07) is 6.00. The molecule has 1 aromatic carbocycles. The summed E-state index contributed by atoms with van der Waals surface area (Å²) in [4.78, 5) is 0. The molecule has 0 spiro atoms. The molecule has 20 heavy (non-hydrogen) atoms. The second-order valence-electron chi connectivity index (χ2n) is 4.96. The molecular weight excluding hydrogens is 278 g/mol. The molecule has 0 radical (unpaired) electrons. The van der Waals surface area contributed by atoms with Gasteiger partial charge >= 0.3 is 0 Å². The predicted octanol–water partition coefficient (Wildman–Crippen LogP) is 1.37. The van der Waals surface area contributed by atoms with Crippen molar-refractivity contribution in [3.05, 3.63) is 23.8 Å². The van der Waals surface area contributed by atoms with Gasteiger partial charge in [0.2, 0.25) is 0 Å². The summed E-state index contributed by atoms with van der Waals surface area (Å²) in [5, 5.41) is 3.40. The van der Waals surface area contributed by atoms with Gasteiger partial charge in [-0.05, 0) is 18.9 Å². The van der Waals surface area contributed by atoms with E-state index in [4.69, 9.17) is 9.47 Å². The van der Waals surface area contributed by atoms with Crippen molar-refractivity contribution in [3.8, 4) is 11.5 Å². The number of sulfone groups is 1. The maximum absolute atomic E-state index is 11.4. The Bertz CT molecular complexity index is 542. The number of ether oxygens (including phenoxy) is 2. The molecule has 0 atom stereocenters. The Balaban J connectivity index is 1.98. The minimum atomic E-state index is -2.81. The van der Waals surface area contributed by atoms with Crippen LogP contribution in [0.2, 0.25) is 0 Å². The van der Waals surface area contributed by atoms with Crippen molar-refractivity contribution >= 4 is 9.84 Å². The number of rotatable bonds is 5. The van der Waals surface area contributed by atoms with Crippen LogP contribution in [0.1, 0.15) is 18.4 Å². The van der Waals surface area contributed by atoms with Gasteiger partial charge in [-0.15, -0.1) is 0 Å². The van der Waals surface area contributed by atoms with E-state index in [0.29, 0.717) is 25.1 Å². The Hall–Kier alpha value is -1.27. The Morgan fingerprint density at radius 3 is 2.50 bits per heavy atom. The van der Waals surface area contributed by atoms with Crippen LogP contribution in [0, 0.1) is 0 Å². The van der Waals surface area contributed by atoms with Gasteiger partial charge in [-0.25, -0.2) is 8.42 Å². The zero-order chi connectivity index (χ0) is 14.6. The fourth-order valence-electron chi connectivity index (χ4n) is 2.44. The van der Waals surface area contributed by atoms with Gasteiger partial charge in [0.1, 0.15) is 9.84 Å². The van der Waals surface area contributed by atoms with Crippen LogP contribution in [0.3, 0.4) is 0 Å². The number of para-hydroxylation sites is 1. The zero-order valence-electron chi connectivity index (χ0n) is 11.9. The zero-order valence-corrected chi connectivity index (χ0v) is 12.7. The first-order valence-corrected chi connectivity index (χ1v) is 8.51. The third kappa shape index (κ3) is 3.64. The van der Waals surface area contributed by atoms with Gasteiger partial charge in [0.05, 0.1) is 25.7 Å². The molecule has 5 nitrogen and oxygen atoms in total. The molecule has 0 saturated carbocycles. The van der Waals surface area contributed by atoms with E-state index in [1.165, 1.54) is 0 Å². The molecule has 112 valence electrons. The molecule has 0 aliphatic carbocycles. The van der Waals surface area contributed by atoms with Gasteiger partial charge < -0.3 is 14.8 Å². The van der Waals surface area contributed by atoms with Gasteiger partial charge in [0.25, 0.3) is 0 Å². The molecular formula is C14H21NO4S. The highest BCUT2D eigenvalue weighted by Gasteiger charge is 2.23. The Morgan fingerprint density at radius 2 is 1.90 bits per heavy atom. The van der Waals surface area contributed by atoms with Gasteiger partial charge in [-0.3, -0.25) is 0 Å². The second kappa shape index (κ2) is 6.45. The standard InChI is InChI=1S/C14H21NO4S/c1-18-13-5-3-4-11(14(13)19-2)10-15-12-6-8-20(16,17)9-7-12/h3-5,12,15H,6-10H2,1-2H3. The van der Waals surface area contributed by atoms with Crippen molar-refractivity contribution in [1.29, 1.82) is 0 Å². The lowest BCUT2D eigenvalue weighted by Gasteiger charge is -2.23. The highest BCUT2D eigenvalue weighted by atomic mass is 32.2. The molecule has 1 saturated heterocycles. The first kappa shape index (κ1) is 15.1. The summed E-state index contributed by atoms with van der Waals surface area (Å²) in [7, 11) is 0.425. The van der Waals surface area contributed by atoms with Crippen molar-refractivity contribution in [2.24, 2.45) is 0 Å². The fourth-order valence-corrected chi connectivity index (χ4v) is 3.93. The molecule has 1 N–H and O–H groups in total. The van der Waals surface area contributed by atoms with Crippen molar-refractivity contribution in [2.45, 2.75) is 25.4 Å². The van der Waals surface area contributed by atoms with Crippen molar-refractivity contribution < 1.29 is 17.9 Å². The number of methoxy groups -OCH3 is 2. The van der Waals surface area contributed by atoms with Crippen LogP contribution in [0.5, 0.6) is 11.5 Å². The lowest BCUT2D eigenvalue weighted by molar-refractivity contribution is 0.349.